The molecular weight excluding hydrogens is 438 g/mol. The van der Waals surface area contributed by atoms with Crippen LogP contribution in [0.1, 0.15) is 17.4 Å². The number of nitrogens with zero attached hydrogens (tertiary/aromatic N) is 3. The summed E-state index contributed by atoms with van der Waals surface area (Å²) in [5.74, 6) is 0. The highest BCUT2D eigenvalue weighted by molar-refractivity contribution is 7.86. The Kier molecular flexibility index (Phi) is 6.77. The molecule has 1 unspecified atom stereocenters. The zero-order valence-electron chi connectivity index (χ0n) is 17.5. The fourth-order valence-corrected chi connectivity index (χ4v) is 4.83. The quantitative estimate of drug-likeness (QED) is 0.279. The van der Waals surface area contributed by atoms with E-state index in [1.807, 2.05) is 37.3 Å². The zero-order chi connectivity index (χ0) is 22.7. The molecule has 32 heavy (non-hydrogen) atoms. The molecule has 170 valence electrons. The molecular formula is C21H23N3O7S. The van der Waals surface area contributed by atoms with Gasteiger partial charge in [-0.15, -0.1) is 0 Å². The highest BCUT2D eigenvalue weighted by atomic mass is 32.2. The molecule has 0 amide bonds. The molecule has 0 radical (unpaired) electrons. The summed E-state index contributed by atoms with van der Waals surface area (Å²) in [7, 11) is -2.84. The first kappa shape index (κ1) is 22.7. The minimum atomic E-state index is -4.21. The predicted molar refractivity (Wildman–Crippen MR) is 112 cm³/mol. The van der Waals surface area contributed by atoms with Crippen LogP contribution in [0, 0.1) is 6.92 Å². The van der Waals surface area contributed by atoms with Crippen molar-refractivity contribution in [1.29, 1.82) is 0 Å². The molecule has 0 saturated carbocycles. The zero-order valence-corrected chi connectivity index (χ0v) is 18.3. The van der Waals surface area contributed by atoms with Gasteiger partial charge in [0.05, 0.1) is 11.5 Å². The molecule has 4 rings (SSSR count). The van der Waals surface area contributed by atoms with Gasteiger partial charge < -0.3 is 18.9 Å². The molecule has 2 fully saturated rings. The lowest BCUT2D eigenvalue weighted by Gasteiger charge is -2.47. The summed E-state index contributed by atoms with van der Waals surface area (Å²) in [5, 5.41) is 3.72. The van der Waals surface area contributed by atoms with Crippen molar-refractivity contribution < 1.29 is 31.5 Å². The van der Waals surface area contributed by atoms with Crippen LogP contribution in [0.2, 0.25) is 0 Å². The summed E-state index contributed by atoms with van der Waals surface area (Å²) in [6, 6.07) is 14.3. The molecule has 6 atom stereocenters. The number of benzene rings is 2. The molecule has 2 aromatic carbocycles. The number of azide groups is 1. The number of methoxy groups -OCH3 is 1. The van der Waals surface area contributed by atoms with E-state index in [2.05, 4.69) is 10.0 Å². The Hall–Kier alpha value is -2.50. The van der Waals surface area contributed by atoms with Crippen LogP contribution < -0.4 is 0 Å². The van der Waals surface area contributed by atoms with E-state index in [4.69, 9.17) is 28.7 Å². The van der Waals surface area contributed by atoms with Gasteiger partial charge in [0.1, 0.15) is 24.4 Å². The fraction of sp³-hybridized carbons (Fsp3) is 0.429. The number of hydrogen-bond acceptors (Lipinski definition) is 8. The molecule has 2 aromatic rings. The van der Waals surface area contributed by atoms with Crippen LogP contribution in [0.5, 0.6) is 0 Å². The van der Waals surface area contributed by atoms with Crippen LogP contribution in [0.15, 0.2) is 64.6 Å². The van der Waals surface area contributed by atoms with Gasteiger partial charge in [-0.2, -0.15) is 8.42 Å². The van der Waals surface area contributed by atoms with Gasteiger partial charge in [0, 0.05) is 17.6 Å². The molecule has 0 spiro atoms. The maximum absolute atomic E-state index is 13.1. The first-order valence-electron chi connectivity index (χ1n) is 9.97. The predicted octanol–water partition coefficient (Wildman–Crippen LogP) is 3.23. The molecule has 2 aliphatic rings. The van der Waals surface area contributed by atoms with Gasteiger partial charge in [-0.05, 0) is 24.6 Å². The number of rotatable bonds is 6. The molecule has 2 heterocycles. The second kappa shape index (κ2) is 9.55. The average Bonchev–Trinajstić information content (AvgIpc) is 2.81. The Balaban J connectivity index is 1.68. The van der Waals surface area contributed by atoms with Crippen LogP contribution in [0.3, 0.4) is 0 Å². The van der Waals surface area contributed by atoms with Crippen molar-refractivity contribution in [1.82, 2.24) is 0 Å². The van der Waals surface area contributed by atoms with Crippen LogP contribution >= 0.6 is 0 Å². The summed E-state index contributed by atoms with van der Waals surface area (Å²) < 4.78 is 54.8. The number of fused-ring (bicyclic) bond motifs is 1. The van der Waals surface area contributed by atoms with Crippen LogP contribution in [-0.2, 0) is 33.2 Å². The van der Waals surface area contributed by atoms with Crippen LogP contribution in [0.4, 0.5) is 0 Å². The first-order chi connectivity index (χ1) is 15.4. The smallest absolute Gasteiger partial charge is 0.297 e. The Morgan fingerprint density at radius 2 is 1.81 bits per heavy atom. The van der Waals surface area contributed by atoms with E-state index in [9.17, 15) is 8.42 Å². The topological polar surface area (TPSA) is 129 Å². The number of aryl methyl sites for hydroxylation is 1. The lowest BCUT2D eigenvalue weighted by Crippen LogP contribution is -2.62. The van der Waals surface area contributed by atoms with Gasteiger partial charge >= 0.3 is 0 Å². The van der Waals surface area contributed by atoms with Crippen LogP contribution in [-0.4, -0.2) is 52.8 Å². The molecule has 0 bridgehead atoms. The average molecular weight is 461 g/mol. The van der Waals surface area contributed by atoms with Gasteiger partial charge in [0.2, 0.25) is 0 Å². The minimum absolute atomic E-state index is 0.0218. The second-order valence-electron chi connectivity index (χ2n) is 7.48. The largest absolute Gasteiger partial charge is 0.355 e. The third kappa shape index (κ3) is 4.64. The van der Waals surface area contributed by atoms with Crippen molar-refractivity contribution >= 4 is 10.1 Å². The third-order valence-electron chi connectivity index (χ3n) is 5.34. The van der Waals surface area contributed by atoms with E-state index in [0.29, 0.717) is 0 Å². The monoisotopic (exact) mass is 461 g/mol. The molecule has 0 aromatic heterocycles. The van der Waals surface area contributed by atoms with Gasteiger partial charge in [-0.1, -0.05) is 53.1 Å². The van der Waals surface area contributed by atoms with Crippen molar-refractivity contribution in [3.05, 3.63) is 76.2 Å². The Morgan fingerprint density at radius 1 is 1.09 bits per heavy atom. The van der Waals surface area contributed by atoms with E-state index < -0.39 is 47.1 Å². The lowest BCUT2D eigenvalue weighted by atomic mass is 9.96. The highest BCUT2D eigenvalue weighted by Crippen LogP contribution is 2.37. The normalized spacial score (nSPS) is 30.2. The van der Waals surface area contributed by atoms with Crippen LogP contribution in [0.25, 0.3) is 10.4 Å². The van der Waals surface area contributed by atoms with Gasteiger partial charge in [-0.3, -0.25) is 4.18 Å². The molecule has 0 N–H and O–H groups in total. The number of hydrogen-bond donors (Lipinski definition) is 0. The van der Waals surface area contributed by atoms with E-state index in [-0.39, 0.29) is 11.5 Å². The van der Waals surface area contributed by atoms with Crippen molar-refractivity contribution in [2.24, 2.45) is 5.11 Å². The van der Waals surface area contributed by atoms with Crippen molar-refractivity contribution in [3.8, 4) is 0 Å². The summed E-state index contributed by atoms with van der Waals surface area (Å²) in [4.78, 5) is 2.82. The summed E-state index contributed by atoms with van der Waals surface area (Å²) in [6.45, 7) is 1.96. The lowest BCUT2D eigenvalue weighted by molar-refractivity contribution is -0.335. The number of ether oxygens (including phenoxy) is 4. The van der Waals surface area contributed by atoms with Crippen molar-refractivity contribution in [2.75, 3.05) is 13.7 Å². The summed E-state index contributed by atoms with van der Waals surface area (Å²) in [5.41, 5.74) is 10.8. The van der Waals surface area contributed by atoms with Crippen molar-refractivity contribution in [3.63, 3.8) is 0 Å². The maximum Gasteiger partial charge on any atom is 0.297 e. The van der Waals surface area contributed by atoms with E-state index in [1.54, 1.807) is 12.1 Å². The van der Waals surface area contributed by atoms with Crippen molar-refractivity contribution in [2.45, 2.75) is 48.8 Å². The molecule has 0 aliphatic carbocycles. The first-order valence-corrected chi connectivity index (χ1v) is 11.4. The fourth-order valence-electron chi connectivity index (χ4n) is 3.73. The van der Waals surface area contributed by atoms with E-state index in [0.717, 1.165) is 11.1 Å². The summed E-state index contributed by atoms with van der Waals surface area (Å²) >= 11 is 0. The third-order valence-corrected chi connectivity index (χ3v) is 6.67. The molecule has 2 aliphatic heterocycles. The van der Waals surface area contributed by atoms with E-state index in [1.165, 1.54) is 19.2 Å². The van der Waals surface area contributed by atoms with Gasteiger partial charge in [-0.25, -0.2) is 0 Å². The van der Waals surface area contributed by atoms with Gasteiger partial charge in [0.15, 0.2) is 12.6 Å². The highest BCUT2D eigenvalue weighted by Gasteiger charge is 2.52. The standard InChI is InChI=1S/C21H23N3O7S/c1-13-8-10-15(11-9-13)32(25,26)31-19-17(23-24-22)21(27-2)29-16-12-28-20(30-18(16)19)14-6-4-3-5-7-14/h3-11,16-21H,12H2,1-2H3/t16-,17+,18-,19+,20?,21+/m1/s1. The summed E-state index contributed by atoms with van der Waals surface area (Å²) in [6.07, 6.45) is -4.58. The molecule has 10 nitrogen and oxygen atoms in total. The molecule has 11 heteroatoms. The Morgan fingerprint density at radius 3 is 2.47 bits per heavy atom. The second-order valence-corrected chi connectivity index (χ2v) is 9.05. The Bertz CT molecular complexity index is 1070. The molecule has 2 saturated heterocycles. The Labute approximate surface area is 185 Å². The van der Waals surface area contributed by atoms with Gasteiger partial charge in [0.25, 0.3) is 10.1 Å². The van der Waals surface area contributed by atoms with E-state index >= 15 is 0 Å². The maximum atomic E-state index is 13.1. The SMILES string of the molecule is CO[C@H]1O[C@@H]2COC(c3ccccc3)O[C@H]2[C@@H](OS(=O)(=O)c2ccc(C)cc2)[C@@H]1N=[N+]=[N-]. The minimum Gasteiger partial charge on any atom is -0.355 e.